The molecule has 4 aromatic rings. The van der Waals surface area contributed by atoms with Gasteiger partial charge in [0.2, 0.25) is 0 Å². The van der Waals surface area contributed by atoms with Gasteiger partial charge in [0.05, 0.1) is 10.9 Å². The van der Waals surface area contributed by atoms with Crippen LogP contribution in [0.3, 0.4) is 0 Å². The first kappa shape index (κ1) is 33.0. The Bertz CT molecular complexity index is 1880. The number of anilines is 2. The second-order valence-corrected chi connectivity index (χ2v) is 16.7. The van der Waals surface area contributed by atoms with Crippen LogP contribution < -0.4 is 10.8 Å². The summed E-state index contributed by atoms with van der Waals surface area (Å²) in [7, 11) is 0. The van der Waals surface area contributed by atoms with Gasteiger partial charge in [-0.25, -0.2) is 4.79 Å². The smallest absolute Gasteiger partial charge is 0.367 e. The quantitative estimate of drug-likeness (QED) is 0.0735. The Labute approximate surface area is 287 Å². The lowest BCUT2D eigenvalue weighted by Crippen LogP contribution is -2.33. The fourth-order valence-corrected chi connectivity index (χ4v) is 10.2. The van der Waals surface area contributed by atoms with E-state index in [1.54, 1.807) is 41.4 Å². The number of carboxylic acids is 1. The Morgan fingerprint density at radius 1 is 1.04 bits per heavy atom. The molecule has 3 N–H and O–H groups in total. The predicted molar refractivity (Wildman–Crippen MR) is 192 cm³/mol. The van der Waals surface area contributed by atoms with Crippen LogP contribution in [0.1, 0.15) is 64.0 Å². The summed E-state index contributed by atoms with van der Waals surface area (Å²) in [4.78, 5) is 34.9. The molecule has 1 fully saturated rings. The Morgan fingerprint density at radius 3 is 2.45 bits per heavy atom. The zero-order valence-corrected chi connectivity index (χ0v) is 29.2. The van der Waals surface area contributed by atoms with Crippen molar-refractivity contribution in [3.63, 3.8) is 0 Å². The summed E-state index contributed by atoms with van der Waals surface area (Å²) < 4.78 is -0.221. The van der Waals surface area contributed by atoms with Crippen molar-refractivity contribution in [2.75, 3.05) is 4.90 Å². The number of nitriles is 1. The zero-order valence-electron chi connectivity index (χ0n) is 26.7. The molecule has 0 radical (unpaired) electrons. The highest BCUT2D eigenvalue weighted by Crippen LogP contribution is 2.54. The van der Waals surface area contributed by atoms with E-state index < -0.39 is 17.9 Å². The van der Waals surface area contributed by atoms with E-state index in [4.69, 9.17) is 5.90 Å². The Morgan fingerprint density at radius 2 is 1.74 bits per heavy atom. The highest BCUT2D eigenvalue weighted by atomic mass is 32.2. The number of thiophene rings is 2. The molecule has 2 aliphatic rings. The number of nitrogens with zero attached hydrogens (tertiary/aromatic N) is 2. The average Bonchev–Trinajstić information content (AvgIpc) is 3.87. The molecule has 47 heavy (non-hydrogen) atoms. The van der Waals surface area contributed by atoms with Gasteiger partial charge in [0.25, 0.3) is 0 Å². The van der Waals surface area contributed by atoms with Crippen LogP contribution in [0.2, 0.25) is 0 Å². The molecule has 4 unspecified atom stereocenters. The van der Waals surface area contributed by atoms with Crippen molar-refractivity contribution in [3.8, 4) is 26.3 Å². The molecule has 242 valence electrons. The number of carbonyl (C=O) groups excluding carboxylic acids is 1. The summed E-state index contributed by atoms with van der Waals surface area (Å²) in [6.45, 7) is 8.04. The Balaban J connectivity index is 1.20. The highest BCUT2D eigenvalue weighted by Gasteiger charge is 2.42. The summed E-state index contributed by atoms with van der Waals surface area (Å²) in [5, 5.41) is 20.1. The minimum absolute atomic E-state index is 0.00928. The van der Waals surface area contributed by atoms with Crippen LogP contribution in [0.4, 0.5) is 10.7 Å². The normalized spacial score (nSPS) is 18.7. The van der Waals surface area contributed by atoms with Crippen molar-refractivity contribution in [1.29, 1.82) is 5.26 Å². The van der Waals surface area contributed by atoms with Gasteiger partial charge in [-0.1, -0.05) is 52.3 Å². The molecule has 2 aromatic heterocycles. The Kier molecular flexibility index (Phi) is 9.36. The van der Waals surface area contributed by atoms with Crippen molar-refractivity contribution in [1.82, 2.24) is 0 Å². The third-order valence-electron chi connectivity index (χ3n) is 9.71. The minimum Gasteiger partial charge on any atom is -0.481 e. The zero-order chi connectivity index (χ0) is 33.5. The number of carboxylic acid groups (broad SMARTS) is 1. The number of aliphatic carboxylic acids is 1. The molecule has 0 saturated heterocycles. The van der Waals surface area contributed by atoms with Crippen LogP contribution in [-0.4, -0.2) is 27.8 Å². The summed E-state index contributed by atoms with van der Waals surface area (Å²) >= 11 is 5.32. The second kappa shape index (κ2) is 13.3. The van der Waals surface area contributed by atoms with Crippen molar-refractivity contribution < 1.29 is 19.5 Å². The number of benzene rings is 2. The standard InChI is InChI=1S/C37H37N3O4S3/c1-21(35(41)42)22(2)37(3,4)47-26-11-9-24(10-12-26)31-14-15-32(45-31)33-16-17-34(46-33)40-29-7-5-6-27(29)28-19-23(8-13-30(28)40)18-25(20-38)36(43)44-39/h8-19,21-22,27,29H,5-7,39H2,1-4H3,(H,41,42)/b25-18+. The number of rotatable bonds is 10. The maximum atomic E-state index is 11.9. The van der Waals surface area contributed by atoms with E-state index >= 15 is 0 Å². The molecule has 7 nitrogen and oxygen atoms in total. The molecular formula is C37H37N3O4S3. The van der Waals surface area contributed by atoms with Gasteiger partial charge in [-0.15, -0.1) is 34.4 Å². The monoisotopic (exact) mass is 683 g/mol. The van der Waals surface area contributed by atoms with Crippen LogP contribution >= 0.6 is 34.4 Å². The maximum Gasteiger partial charge on any atom is 0.367 e. The molecule has 0 amide bonds. The van der Waals surface area contributed by atoms with E-state index in [2.05, 4.69) is 84.2 Å². The van der Waals surface area contributed by atoms with Crippen molar-refractivity contribution >= 4 is 63.1 Å². The third-order valence-corrected chi connectivity index (χ3v) is 13.5. The first-order valence-electron chi connectivity index (χ1n) is 15.7. The van der Waals surface area contributed by atoms with E-state index in [-0.39, 0.29) is 16.2 Å². The van der Waals surface area contributed by atoms with Gasteiger partial charge >= 0.3 is 11.9 Å². The van der Waals surface area contributed by atoms with E-state index in [0.29, 0.717) is 12.0 Å². The third kappa shape index (κ3) is 6.50. The number of carbonyl (C=O) groups is 2. The van der Waals surface area contributed by atoms with E-state index in [1.807, 2.05) is 19.1 Å². The van der Waals surface area contributed by atoms with Gasteiger partial charge in [0, 0.05) is 41.9 Å². The topological polar surface area (TPSA) is 117 Å². The van der Waals surface area contributed by atoms with Crippen molar-refractivity contribution in [2.24, 2.45) is 17.7 Å². The van der Waals surface area contributed by atoms with Crippen LogP contribution in [0.15, 0.2) is 77.2 Å². The molecule has 1 aliphatic heterocycles. The van der Waals surface area contributed by atoms with Gasteiger partial charge in [0.15, 0.2) is 0 Å². The number of thioether (sulfide) groups is 1. The molecule has 2 aromatic carbocycles. The number of nitrogens with two attached hydrogens (primary N) is 1. The number of fused-ring (bicyclic) bond motifs is 3. The van der Waals surface area contributed by atoms with Gasteiger partial charge in [-0.05, 0) is 90.1 Å². The second-order valence-electron chi connectivity index (χ2n) is 12.8. The average molecular weight is 684 g/mol. The molecule has 0 bridgehead atoms. The summed E-state index contributed by atoms with van der Waals surface area (Å²) in [5.74, 6) is 3.41. The lowest BCUT2D eigenvalue weighted by Gasteiger charge is -2.33. The summed E-state index contributed by atoms with van der Waals surface area (Å²) in [5.41, 5.74) is 4.26. The largest absolute Gasteiger partial charge is 0.481 e. The van der Waals surface area contributed by atoms with Gasteiger partial charge in [-0.3, -0.25) is 4.79 Å². The van der Waals surface area contributed by atoms with Gasteiger partial charge < -0.3 is 14.8 Å². The van der Waals surface area contributed by atoms with Crippen molar-refractivity contribution in [2.45, 2.75) is 68.6 Å². The number of hydrogen-bond donors (Lipinski definition) is 2. The predicted octanol–water partition coefficient (Wildman–Crippen LogP) is 9.48. The van der Waals surface area contributed by atoms with E-state index in [1.165, 1.54) is 42.5 Å². The van der Waals surface area contributed by atoms with Gasteiger partial charge in [-0.2, -0.15) is 11.2 Å². The fourth-order valence-electron chi connectivity index (χ4n) is 6.73. The first-order valence-corrected chi connectivity index (χ1v) is 18.1. The highest BCUT2D eigenvalue weighted by molar-refractivity contribution is 8.00. The van der Waals surface area contributed by atoms with Crippen LogP contribution in [0.5, 0.6) is 0 Å². The fraction of sp³-hybridized carbons (Fsp3) is 0.324. The van der Waals surface area contributed by atoms with E-state index in [9.17, 15) is 20.0 Å². The summed E-state index contributed by atoms with van der Waals surface area (Å²) in [6.07, 6.45) is 4.93. The van der Waals surface area contributed by atoms with Crippen LogP contribution in [0, 0.1) is 23.2 Å². The Hall–Kier alpha value is -3.88. The molecular weight excluding hydrogens is 647 g/mol. The minimum atomic E-state index is -0.842. The molecule has 3 heterocycles. The summed E-state index contributed by atoms with van der Waals surface area (Å²) in [6, 6.07) is 25.8. The maximum absolute atomic E-state index is 11.9. The van der Waals surface area contributed by atoms with E-state index in [0.717, 1.165) is 29.7 Å². The lowest BCUT2D eigenvalue weighted by molar-refractivity contribution is -0.143. The van der Waals surface area contributed by atoms with Crippen LogP contribution in [0.25, 0.3) is 26.3 Å². The first-order chi connectivity index (χ1) is 22.5. The van der Waals surface area contributed by atoms with Crippen molar-refractivity contribution in [3.05, 3.63) is 83.4 Å². The van der Waals surface area contributed by atoms with Gasteiger partial charge in [0.1, 0.15) is 11.6 Å². The number of hydrogen-bond acceptors (Lipinski definition) is 9. The molecule has 6 rings (SSSR count). The molecule has 1 aliphatic carbocycles. The molecule has 10 heteroatoms. The lowest BCUT2D eigenvalue weighted by atomic mass is 9.85. The van der Waals surface area contributed by atoms with Crippen LogP contribution in [-0.2, 0) is 14.4 Å². The molecule has 1 saturated carbocycles. The molecule has 0 spiro atoms. The molecule has 4 atom stereocenters. The SMILES string of the molecule is CC(C(=O)O)C(C)C(C)(C)Sc1ccc(-c2ccc(-c3ccc(N4c5ccc(/C=C(\C#N)C(=O)ON)cc5C5CCCC54)s3)s2)cc1.